The van der Waals surface area contributed by atoms with Gasteiger partial charge in [0.25, 0.3) is 0 Å². The van der Waals surface area contributed by atoms with Crippen LogP contribution in [0.3, 0.4) is 0 Å². The summed E-state index contributed by atoms with van der Waals surface area (Å²) in [5.74, 6) is 0. The lowest BCUT2D eigenvalue weighted by Gasteiger charge is -2.29. The number of hydrogen-bond donors (Lipinski definition) is 4. The van der Waals surface area contributed by atoms with Gasteiger partial charge in [0, 0.05) is 62.9 Å². The van der Waals surface area contributed by atoms with Crippen LogP contribution < -0.4 is 26.2 Å². The Kier molecular flexibility index (Phi) is 9.21. The molecule has 0 aliphatic carbocycles. The van der Waals surface area contributed by atoms with Crippen molar-refractivity contribution in [2.24, 2.45) is 0 Å². The predicted octanol–water partition coefficient (Wildman–Crippen LogP) is 11.8. The van der Waals surface area contributed by atoms with Crippen molar-refractivity contribution in [1.82, 2.24) is 0 Å². The average molecular weight is 604 g/mol. The molecular formula is C41H41N5. The highest BCUT2D eigenvalue weighted by Crippen LogP contribution is 2.32. The van der Waals surface area contributed by atoms with E-state index in [1.54, 1.807) is 0 Å². The molecule has 0 spiro atoms. The normalized spacial score (nSPS) is 10.8. The molecule has 0 radical (unpaired) electrons. The maximum absolute atomic E-state index is 3.56. The molecule has 230 valence electrons. The first-order valence-corrected chi connectivity index (χ1v) is 15.8. The van der Waals surface area contributed by atoms with Crippen LogP contribution in [0.25, 0.3) is 0 Å². The summed E-state index contributed by atoms with van der Waals surface area (Å²) in [6.07, 6.45) is 0. The molecule has 4 N–H and O–H groups in total. The third kappa shape index (κ3) is 7.51. The predicted molar refractivity (Wildman–Crippen MR) is 199 cm³/mol. The summed E-state index contributed by atoms with van der Waals surface area (Å²) in [6.45, 7) is 8.70. The van der Waals surface area contributed by atoms with E-state index in [0.717, 1.165) is 56.9 Å². The number of hydrogen-bond acceptors (Lipinski definition) is 5. The van der Waals surface area contributed by atoms with E-state index in [-0.39, 0.29) is 6.04 Å². The Labute approximate surface area is 273 Å². The van der Waals surface area contributed by atoms with Gasteiger partial charge in [-0.1, -0.05) is 36.4 Å². The van der Waals surface area contributed by atoms with Crippen molar-refractivity contribution in [2.75, 3.05) is 26.2 Å². The summed E-state index contributed by atoms with van der Waals surface area (Å²) in [7, 11) is 0. The van der Waals surface area contributed by atoms with E-state index in [9.17, 15) is 0 Å². The molecule has 6 aromatic rings. The smallest absolute Gasteiger partial charge is 0.0415 e. The summed E-state index contributed by atoms with van der Waals surface area (Å²) in [6, 6.07) is 50.9. The second-order valence-electron chi connectivity index (χ2n) is 11.8. The maximum atomic E-state index is 3.56. The number of para-hydroxylation sites is 2. The van der Waals surface area contributed by atoms with E-state index in [1.165, 1.54) is 11.1 Å². The van der Waals surface area contributed by atoms with Crippen molar-refractivity contribution in [3.8, 4) is 0 Å². The van der Waals surface area contributed by atoms with Gasteiger partial charge >= 0.3 is 0 Å². The molecule has 0 aliphatic heterocycles. The molecule has 0 unspecified atom stereocenters. The Hall–Kier alpha value is -5.68. The van der Waals surface area contributed by atoms with Crippen molar-refractivity contribution in [3.05, 3.63) is 157 Å². The maximum Gasteiger partial charge on any atom is 0.0415 e. The van der Waals surface area contributed by atoms with Gasteiger partial charge in [-0.05, 0) is 148 Å². The minimum atomic E-state index is 0.289. The van der Waals surface area contributed by atoms with E-state index < -0.39 is 0 Å². The van der Waals surface area contributed by atoms with Crippen LogP contribution in [0, 0.1) is 13.8 Å². The molecular weight excluding hydrogens is 562 g/mol. The molecule has 0 heterocycles. The molecule has 0 amide bonds. The SMILES string of the molecule is Cc1cc(Nc2ccc(N(c3ccc(Nc4ccc(Nc5ccccc5)c(C)c4)cc3)C(C)C)cc2)ccc1Nc1ccccc1. The Balaban J connectivity index is 1.10. The molecule has 0 aliphatic rings. The fraction of sp³-hybridized carbons (Fsp3) is 0.122. The zero-order valence-corrected chi connectivity index (χ0v) is 26.9. The van der Waals surface area contributed by atoms with Crippen LogP contribution in [0.1, 0.15) is 25.0 Å². The molecule has 0 saturated heterocycles. The van der Waals surface area contributed by atoms with Crippen molar-refractivity contribution in [3.63, 3.8) is 0 Å². The summed E-state index contributed by atoms with van der Waals surface area (Å²) in [4.78, 5) is 2.36. The van der Waals surface area contributed by atoms with E-state index in [0.29, 0.717) is 0 Å². The number of benzene rings is 6. The zero-order chi connectivity index (χ0) is 31.9. The Morgan fingerprint density at radius 3 is 1.09 bits per heavy atom. The molecule has 6 rings (SSSR count). The van der Waals surface area contributed by atoms with E-state index in [2.05, 4.69) is 163 Å². The van der Waals surface area contributed by atoms with Crippen molar-refractivity contribution in [2.45, 2.75) is 33.7 Å². The number of rotatable bonds is 11. The van der Waals surface area contributed by atoms with Crippen molar-refractivity contribution in [1.29, 1.82) is 0 Å². The van der Waals surface area contributed by atoms with Crippen LogP contribution in [0.4, 0.5) is 56.9 Å². The monoisotopic (exact) mass is 603 g/mol. The molecule has 0 fully saturated rings. The van der Waals surface area contributed by atoms with E-state index in [4.69, 9.17) is 0 Å². The molecule has 0 aromatic heterocycles. The molecule has 0 atom stereocenters. The van der Waals surface area contributed by atoms with Gasteiger partial charge in [-0.25, -0.2) is 0 Å². The fourth-order valence-corrected chi connectivity index (χ4v) is 5.61. The lowest BCUT2D eigenvalue weighted by Crippen LogP contribution is -2.25. The topological polar surface area (TPSA) is 51.4 Å². The summed E-state index contributed by atoms with van der Waals surface area (Å²) in [5.41, 5.74) is 13.3. The third-order valence-electron chi connectivity index (χ3n) is 7.94. The van der Waals surface area contributed by atoms with Crippen molar-refractivity contribution < 1.29 is 0 Å². The standard InChI is InChI=1S/C41H41N5/c1-29(2)46(38-21-15-34(16-22-38)42-36-19-25-40(30(3)27-36)44-32-11-7-5-8-12-32)39-23-17-35(18-24-39)43-37-20-26-41(31(4)28-37)45-33-13-9-6-10-14-33/h5-29,42-45H,1-4H3. The third-order valence-corrected chi connectivity index (χ3v) is 7.94. The van der Waals surface area contributed by atoms with Gasteiger partial charge in [0.15, 0.2) is 0 Å². The summed E-state index contributed by atoms with van der Waals surface area (Å²) >= 11 is 0. The van der Waals surface area contributed by atoms with Crippen LogP contribution >= 0.6 is 0 Å². The Bertz CT molecular complexity index is 1730. The first-order valence-electron chi connectivity index (χ1n) is 15.8. The molecule has 5 nitrogen and oxygen atoms in total. The molecule has 6 aromatic carbocycles. The van der Waals surface area contributed by atoms with Crippen LogP contribution in [0.15, 0.2) is 146 Å². The fourth-order valence-electron chi connectivity index (χ4n) is 5.61. The minimum Gasteiger partial charge on any atom is -0.356 e. The van der Waals surface area contributed by atoms with Crippen LogP contribution in [-0.2, 0) is 0 Å². The molecule has 0 saturated carbocycles. The van der Waals surface area contributed by atoms with Gasteiger partial charge in [-0.15, -0.1) is 0 Å². The lowest BCUT2D eigenvalue weighted by atomic mass is 10.1. The lowest BCUT2D eigenvalue weighted by molar-refractivity contribution is 0.789. The van der Waals surface area contributed by atoms with Gasteiger partial charge in [-0.2, -0.15) is 0 Å². The molecule has 0 bridgehead atoms. The largest absolute Gasteiger partial charge is 0.356 e. The second-order valence-corrected chi connectivity index (χ2v) is 11.8. The first kappa shape index (κ1) is 30.4. The minimum absolute atomic E-state index is 0.289. The van der Waals surface area contributed by atoms with E-state index >= 15 is 0 Å². The highest BCUT2D eigenvalue weighted by Gasteiger charge is 2.14. The van der Waals surface area contributed by atoms with Crippen LogP contribution in [0.2, 0.25) is 0 Å². The molecule has 46 heavy (non-hydrogen) atoms. The van der Waals surface area contributed by atoms with Gasteiger partial charge in [0.05, 0.1) is 0 Å². The number of nitrogens with zero attached hydrogens (tertiary/aromatic N) is 1. The van der Waals surface area contributed by atoms with Crippen LogP contribution in [-0.4, -0.2) is 6.04 Å². The first-order chi connectivity index (χ1) is 22.4. The zero-order valence-electron chi connectivity index (χ0n) is 26.9. The number of anilines is 10. The highest BCUT2D eigenvalue weighted by molar-refractivity contribution is 5.74. The van der Waals surface area contributed by atoms with Gasteiger partial charge in [-0.3, -0.25) is 0 Å². The quantitative estimate of drug-likeness (QED) is 0.119. The summed E-state index contributed by atoms with van der Waals surface area (Å²) < 4.78 is 0. The van der Waals surface area contributed by atoms with Gasteiger partial charge < -0.3 is 26.2 Å². The van der Waals surface area contributed by atoms with Crippen molar-refractivity contribution >= 4 is 56.9 Å². The van der Waals surface area contributed by atoms with E-state index in [1.807, 2.05) is 36.4 Å². The Morgan fingerprint density at radius 2 is 0.739 bits per heavy atom. The summed E-state index contributed by atoms with van der Waals surface area (Å²) in [5, 5.41) is 14.1. The number of nitrogens with one attached hydrogen (secondary N) is 4. The average Bonchev–Trinajstić information content (AvgIpc) is 3.06. The molecule has 5 heteroatoms. The Morgan fingerprint density at radius 1 is 0.391 bits per heavy atom. The van der Waals surface area contributed by atoms with Gasteiger partial charge in [0.2, 0.25) is 0 Å². The number of aryl methyl sites for hydroxylation is 2. The highest BCUT2D eigenvalue weighted by atomic mass is 15.2. The second kappa shape index (κ2) is 14.0. The van der Waals surface area contributed by atoms with Crippen LogP contribution in [0.5, 0.6) is 0 Å². The van der Waals surface area contributed by atoms with Gasteiger partial charge in [0.1, 0.15) is 0 Å².